The van der Waals surface area contributed by atoms with Crippen molar-refractivity contribution >= 4 is 5.97 Å². The lowest BCUT2D eigenvalue weighted by Gasteiger charge is -2.08. The lowest BCUT2D eigenvalue weighted by Crippen LogP contribution is -2.07. The molecule has 1 heterocycles. The molecule has 1 aromatic heterocycles. The van der Waals surface area contributed by atoms with Crippen LogP contribution in [0.1, 0.15) is 103 Å². The summed E-state index contributed by atoms with van der Waals surface area (Å²) < 4.78 is 5.53. The van der Waals surface area contributed by atoms with Gasteiger partial charge in [0.2, 0.25) is 0 Å². The van der Waals surface area contributed by atoms with Crippen molar-refractivity contribution in [1.29, 1.82) is 0 Å². The summed E-state index contributed by atoms with van der Waals surface area (Å²) in [5.41, 5.74) is 4.33. The van der Waals surface area contributed by atoms with Crippen LogP contribution < -0.4 is 4.74 Å². The van der Waals surface area contributed by atoms with Crippen molar-refractivity contribution in [2.45, 2.75) is 104 Å². The quantitative estimate of drug-likeness (QED) is 0.102. The topological polar surface area (TPSA) is 52.1 Å². The van der Waals surface area contributed by atoms with Crippen molar-refractivity contribution in [3.05, 3.63) is 66.5 Å². The highest BCUT2D eigenvalue weighted by Crippen LogP contribution is 2.24. The number of aryl methyl sites for hydroxylation is 1. The first-order chi connectivity index (χ1) is 18.6. The molecule has 0 amide bonds. The van der Waals surface area contributed by atoms with Crippen LogP contribution in [-0.4, -0.2) is 15.9 Å². The lowest BCUT2D eigenvalue weighted by molar-refractivity contribution is -0.134. The fourth-order valence-corrected chi connectivity index (χ4v) is 4.60. The van der Waals surface area contributed by atoms with Gasteiger partial charge in [0.15, 0.2) is 5.82 Å². The third-order valence-corrected chi connectivity index (χ3v) is 7.38. The van der Waals surface area contributed by atoms with E-state index in [4.69, 9.17) is 4.74 Å². The highest BCUT2D eigenvalue weighted by Gasteiger charge is 2.07. The molecule has 4 heteroatoms. The number of carbonyl (C=O) groups excluding carboxylic acids is 1. The highest BCUT2D eigenvalue weighted by molar-refractivity contribution is 5.73. The van der Waals surface area contributed by atoms with Crippen LogP contribution in [0.2, 0.25) is 0 Å². The van der Waals surface area contributed by atoms with Crippen LogP contribution in [0.4, 0.5) is 0 Å². The molecule has 0 aliphatic heterocycles. The Hall–Kier alpha value is -3.01. The number of esters is 1. The van der Waals surface area contributed by atoms with E-state index in [2.05, 4.69) is 55.0 Å². The van der Waals surface area contributed by atoms with E-state index in [1.165, 1.54) is 63.4 Å². The zero-order valence-electron chi connectivity index (χ0n) is 23.8. The van der Waals surface area contributed by atoms with Crippen molar-refractivity contribution < 1.29 is 9.53 Å². The summed E-state index contributed by atoms with van der Waals surface area (Å²) in [6.45, 7) is 6.82. The number of carbonyl (C=O) groups is 1. The number of benzene rings is 2. The molecule has 0 aliphatic carbocycles. The van der Waals surface area contributed by atoms with Crippen LogP contribution in [0.25, 0.3) is 22.5 Å². The number of nitrogens with zero attached hydrogens (tertiary/aromatic N) is 2. The Morgan fingerprint density at radius 1 is 0.737 bits per heavy atom. The minimum atomic E-state index is -0.156. The highest BCUT2D eigenvalue weighted by atomic mass is 16.5. The van der Waals surface area contributed by atoms with Gasteiger partial charge in [-0.25, -0.2) is 9.97 Å². The smallest absolute Gasteiger partial charge is 0.311 e. The van der Waals surface area contributed by atoms with E-state index in [1.54, 1.807) is 0 Å². The maximum absolute atomic E-state index is 12.2. The number of rotatable bonds is 17. The van der Waals surface area contributed by atoms with Crippen molar-refractivity contribution in [1.82, 2.24) is 9.97 Å². The van der Waals surface area contributed by atoms with Crippen molar-refractivity contribution in [2.75, 3.05) is 0 Å². The van der Waals surface area contributed by atoms with E-state index in [0.717, 1.165) is 47.7 Å². The molecular formula is C34H46N2O2. The van der Waals surface area contributed by atoms with Gasteiger partial charge in [0.1, 0.15) is 5.75 Å². The van der Waals surface area contributed by atoms with Crippen molar-refractivity contribution in [2.24, 2.45) is 5.92 Å². The van der Waals surface area contributed by atoms with Crippen molar-refractivity contribution in [3.8, 4) is 28.3 Å². The standard InChI is InChI=1S/C34H46N2O2/c1-4-6-7-12-15-28-17-19-30(20-18-28)34-35-25-31(26-36-34)29-21-23-32(24-22-29)38-33(37)16-13-10-8-9-11-14-27(3)5-2/h17-27H,4-16H2,1-3H3. The van der Waals surface area contributed by atoms with Crippen LogP contribution in [-0.2, 0) is 11.2 Å². The number of ether oxygens (including phenoxy) is 1. The number of hydrogen-bond donors (Lipinski definition) is 0. The van der Waals surface area contributed by atoms with E-state index >= 15 is 0 Å². The Bertz CT molecular complexity index is 1060. The summed E-state index contributed by atoms with van der Waals surface area (Å²) >= 11 is 0. The monoisotopic (exact) mass is 514 g/mol. The van der Waals surface area contributed by atoms with Gasteiger partial charge < -0.3 is 4.74 Å². The van der Waals surface area contributed by atoms with Gasteiger partial charge in [-0.1, -0.05) is 115 Å². The molecule has 0 bridgehead atoms. The molecule has 1 atom stereocenters. The predicted molar refractivity (Wildman–Crippen MR) is 158 cm³/mol. The lowest BCUT2D eigenvalue weighted by atomic mass is 10.00. The van der Waals surface area contributed by atoms with E-state index in [-0.39, 0.29) is 5.97 Å². The summed E-state index contributed by atoms with van der Waals surface area (Å²) in [6, 6.07) is 16.2. The molecule has 0 saturated heterocycles. The zero-order chi connectivity index (χ0) is 27.0. The number of aromatic nitrogens is 2. The van der Waals surface area contributed by atoms with Crippen LogP contribution in [0.3, 0.4) is 0 Å². The van der Waals surface area contributed by atoms with E-state index in [9.17, 15) is 4.79 Å². The summed E-state index contributed by atoms with van der Waals surface area (Å²) in [4.78, 5) is 21.4. The fourth-order valence-electron chi connectivity index (χ4n) is 4.60. The van der Waals surface area contributed by atoms with Gasteiger partial charge in [-0.2, -0.15) is 0 Å². The van der Waals surface area contributed by atoms with E-state index in [1.807, 2.05) is 36.7 Å². The summed E-state index contributed by atoms with van der Waals surface area (Å²) in [6.07, 6.45) is 18.8. The van der Waals surface area contributed by atoms with Crippen LogP contribution in [0, 0.1) is 5.92 Å². The van der Waals surface area contributed by atoms with E-state index < -0.39 is 0 Å². The van der Waals surface area contributed by atoms with Gasteiger partial charge in [-0.3, -0.25) is 4.79 Å². The summed E-state index contributed by atoms with van der Waals surface area (Å²) in [5.74, 6) is 1.99. The molecular weight excluding hydrogens is 468 g/mol. The second kappa shape index (κ2) is 16.8. The molecule has 0 saturated carbocycles. The molecule has 38 heavy (non-hydrogen) atoms. The van der Waals surface area contributed by atoms with Crippen LogP contribution in [0.15, 0.2) is 60.9 Å². The molecule has 2 aromatic carbocycles. The Morgan fingerprint density at radius 3 is 2.05 bits per heavy atom. The molecule has 3 rings (SSSR count). The van der Waals surface area contributed by atoms with Gasteiger partial charge >= 0.3 is 5.97 Å². The zero-order valence-corrected chi connectivity index (χ0v) is 23.8. The van der Waals surface area contributed by atoms with Gasteiger partial charge in [0.25, 0.3) is 0 Å². The molecule has 0 aliphatic rings. The first-order valence-corrected chi connectivity index (χ1v) is 14.8. The molecule has 1 unspecified atom stereocenters. The minimum Gasteiger partial charge on any atom is -0.427 e. The van der Waals surface area contributed by atoms with Crippen LogP contribution >= 0.6 is 0 Å². The van der Waals surface area contributed by atoms with Crippen LogP contribution in [0.5, 0.6) is 5.75 Å². The molecule has 0 N–H and O–H groups in total. The van der Waals surface area contributed by atoms with Gasteiger partial charge in [0, 0.05) is 29.9 Å². The Labute approximate surface area is 230 Å². The SMILES string of the molecule is CCCCCCc1ccc(-c2ncc(-c3ccc(OC(=O)CCCCCCCC(C)CC)cc3)cn2)cc1. The van der Waals surface area contributed by atoms with Gasteiger partial charge in [0.05, 0.1) is 0 Å². The largest absolute Gasteiger partial charge is 0.427 e. The molecule has 4 nitrogen and oxygen atoms in total. The Morgan fingerprint density at radius 2 is 1.37 bits per heavy atom. The van der Waals surface area contributed by atoms with Gasteiger partial charge in [-0.15, -0.1) is 0 Å². The third kappa shape index (κ3) is 10.4. The Balaban J connectivity index is 1.41. The molecule has 0 fully saturated rings. The fraction of sp³-hybridized carbons (Fsp3) is 0.500. The first-order valence-electron chi connectivity index (χ1n) is 14.8. The second-order valence-electron chi connectivity index (χ2n) is 10.6. The normalized spacial score (nSPS) is 11.9. The maximum atomic E-state index is 12.2. The average Bonchev–Trinajstić information content (AvgIpc) is 2.95. The van der Waals surface area contributed by atoms with E-state index in [0.29, 0.717) is 12.2 Å². The average molecular weight is 515 g/mol. The molecule has 0 spiro atoms. The molecule has 204 valence electrons. The third-order valence-electron chi connectivity index (χ3n) is 7.38. The van der Waals surface area contributed by atoms with Crippen molar-refractivity contribution in [3.63, 3.8) is 0 Å². The predicted octanol–water partition coefficient (Wildman–Crippen LogP) is 9.62. The number of hydrogen-bond acceptors (Lipinski definition) is 4. The second-order valence-corrected chi connectivity index (χ2v) is 10.6. The molecule has 3 aromatic rings. The Kier molecular flexibility index (Phi) is 13.0. The first kappa shape index (κ1) is 29.5. The number of unbranched alkanes of at least 4 members (excludes halogenated alkanes) is 7. The minimum absolute atomic E-state index is 0.156. The van der Waals surface area contributed by atoms with Gasteiger partial charge in [-0.05, 0) is 48.4 Å². The maximum Gasteiger partial charge on any atom is 0.311 e. The summed E-state index contributed by atoms with van der Waals surface area (Å²) in [7, 11) is 0. The summed E-state index contributed by atoms with van der Waals surface area (Å²) in [5, 5.41) is 0. The molecule has 0 radical (unpaired) electrons.